The second-order valence-corrected chi connectivity index (χ2v) is 8.56. The van der Waals surface area contributed by atoms with Gasteiger partial charge in [-0.3, -0.25) is 14.7 Å². The number of para-hydroxylation sites is 1. The molecule has 0 spiro atoms. The van der Waals surface area contributed by atoms with E-state index in [1.54, 1.807) is 6.20 Å². The standard InChI is InChI=1S/C28H29N5O2/c34-28(30-15-19-35-24-11-5-2-6-12-24)25-21-33-18-17-32(16-13-22-8-7-14-29-20-22)26(27(33)31-25)23-9-3-1-4-10-23/h1-12,14,20-21,26H,13,15-19H2,(H,30,34). The largest absolute Gasteiger partial charge is 0.492 e. The third kappa shape index (κ3) is 5.58. The Morgan fingerprint density at radius 3 is 2.57 bits per heavy atom. The number of rotatable bonds is 9. The summed E-state index contributed by atoms with van der Waals surface area (Å²) in [5, 5.41) is 2.93. The molecule has 178 valence electrons. The number of fused-ring (bicyclic) bond motifs is 1. The maximum absolute atomic E-state index is 12.8. The van der Waals surface area contributed by atoms with Crippen LogP contribution >= 0.6 is 0 Å². The molecule has 35 heavy (non-hydrogen) atoms. The summed E-state index contributed by atoms with van der Waals surface area (Å²) in [6.45, 7) is 3.38. The van der Waals surface area contributed by atoms with Crippen LogP contribution in [-0.4, -0.2) is 51.6 Å². The highest BCUT2D eigenvalue weighted by Gasteiger charge is 2.31. The Bertz CT molecular complexity index is 1230. The first-order valence-corrected chi connectivity index (χ1v) is 12.0. The molecule has 2 aromatic heterocycles. The smallest absolute Gasteiger partial charge is 0.271 e. The van der Waals surface area contributed by atoms with Gasteiger partial charge >= 0.3 is 0 Å². The summed E-state index contributed by atoms with van der Waals surface area (Å²) in [5.74, 6) is 1.51. The molecule has 0 saturated carbocycles. The number of aromatic nitrogens is 3. The van der Waals surface area contributed by atoms with Crippen molar-refractivity contribution in [3.8, 4) is 5.75 Å². The van der Waals surface area contributed by atoms with E-state index in [1.807, 2.05) is 54.9 Å². The van der Waals surface area contributed by atoms with E-state index in [-0.39, 0.29) is 11.9 Å². The van der Waals surface area contributed by atoms with Gasteiger partial charge in [0.2, 0.25) is 0 Å². The zero-order valence-corrected chi connectivity index (χ0v) is 19.6. The summed E-state index contributed by atoms with van der Waals surface area (Å²) < 4.78 is 7.79. The second kappa shape index (κ2) is 11.0. The number of benzene rings is 2. The van der Waals surface area contributed by atoms with E-state index in [0.717, 1.165) is 37.6 Å². The molecule has 1 atom stereocenters. The molecular formula is C28H29N5O2. The van der Waals surface area contributed by atoms with Crippen LogP contribution in [0.4, 0.5) is 0 Å². The van der Waals surface area contributed by atoms with E-state index in [0.29, 0.717) is 18.8 Å². The quantitative estimate of drug-likeness (QED) is 0.380. The highest BCUT2D eigenvalue weighted by Crippen LogP contribution is 2.31. The van der Waals surface area contributed by atoms with E-state index in [4.69, 9.17) is 9.72 Å². The normalized spacial score (nSPS) is 15.4. The van der Waals surface area contributed by atoms with Crippen LogP contribution in [0.1, 0.15) is 33.5 Å². The average molecular weight is 468 g/mol. The zero-order valence-electron chi connectivity index (χ0n) is 19.6. The number of carbonyl (C=O) groups excluding carboxylic acids is 1. The molecule has 0 fully saturated rings. The van der Waals surface area contributed by atoms with E-state index >= 15 is 0 Å². The van der Waals surface area contributed by atoms with Gasteiger partial charge in [0.25, 0.3) is 5.91 Å². The monoisotopic (exact) mass is 467 g/mol. The SMILES string of the molecule is O=C(NCCOc1ccccc1)c1cn2c(n1)C(c1ccccc1)N(CCc1cccnc1)CC2. The molecule has 1 aliphatic rings. The topological polar surface area (TPSA) is 72.3 Å². The fraction of sp³-hybridized carbons (Fsp3) is 0.250. The summed E-state index contributed by atoms with van der Waals surface area (Å²) >= 11 is 0. The molecule has 1 aliphatic heterocycles. The van der Waals surface area contributed by atoms with Crippen molar-refractivity contribution < 1.29 is 9.53 Å². The maximum Gasteiger partial charge on any atom is 0.271 e. The molecule has 1 unspecified atom stereocenters. The molecule has 2 aromatic carbocycles. The fourth-order valence-corrected chi connectivity index (χ4v) is 4.46. The van der Waals surface area contributed by atoms with Crippen LogP contribution in [0.5, 0.6) is 5.75 Å². The molecule has 5 rings (SSSR count). The number of nitrogens with one attached hydrogen (secondary N) is 1. The molecule has 3 heterocycles. The van der Waals surface area contributed by atoms with E-state index < -0.39 is 0 Å². The number of nitrogens with zero attached hydrogens (tertiary/aromatic N) is 4. The minimum atomic E-state index is -0.183. The molecule has 0 bridgehead atoms. The molecule has 1 N–H and O–H groups in total. The number of hydrogen-bond acceptors (Lipinski definition) is 5. The van der Waals surface area contributed by atoms with Crippen molar-refractivity contribution in [3.05, 3.63) is 114 Å². The van der Waals surface area contributed by atoms with Crippen molar-refractivity contribution in [1.82, 2.24) is 24.8 Å². The van der Waals surface area contributed by atoms with Crippen molar-refractivity contribution in [3.63, 3.8) is 0 Å². The number of pyridine rings is 1. The Kier molecular flexibility index (Phi) is 7.15. The van der Waals surface area contributed by atoms with E-state index in [1.165, 1.54) is 11.1 Å². The first-order chi connectivity index (χ1) is 17.3. The number of amides is 1. The Morgan fingerprint density at radius 2 is 1.80 bits per heavy atom. The number of ether oxygens (including phenoxy) is 1. The lowest BCUT2D eigenvalue weighted by molar-refractivity contribution is 0.0942. The van der Waals surface area contributed by atoms with Crippen molar-refractivity contribution in [2.75, 3.05) is 26.2 Å². The van der Waals surface area contributed by atoms with Gasteiger partial charge < -0.3 is 14.6 Å². The van der Waals surface area contributed by atoms with Crippen LogP contribution < -0.4 is 10.1 Å². The summed E-state index contributed by atoms with van der Waals surface area (Å²) in [6.07, 6.45) is 6.50. The number of carbonyl (C=O) groups is 1. The van der Waals surface area contributed by atoms with Gasteiger partial charge in [0.1, 0.15) is 23.9 Å². The Hall–Kier alpha value is -3.97. The molecule has 1 amide bonds. The van der Waals surface area contributed by atoms with Gasteiger partial charge in [0.15, 0.2) is 0 Å². The van der Waals surface area contributed by atoms with Crippen LogP contribution in [0.15, 0.2) is 91.4 Å². The van der Waals surface area contributed by atoms with Crippen LogP contribution in [0.25, 0.3) is 0 Å². The van der Waals surface area contributed by atoms with Crippen LogP contribution in [0.3, 0.4) is 0 Å². The van der Waals surface area contributed by atoms with Crippen LogP contribution in [0.2, 0.25) is 0 Å². The molecular weight excluding hydrogens is 438 g/mol. The number of imidazole rings is 1. The van der Waals surface area contributed by atoms with Gasteiger partial charge in [0.05, 0.1) is 12.6 Å². The molecule has 7 heteroatoms. The van der Waals surface area contributed by atoms with Gasteiger partial charge in [-0.2, -0.15) is 0 Å². The Balaban J connectivity index is 1.28. The van der Waals surface area contributed by atoms with Gasteiger partial charge in [0, 0.05) is 38.2 Å². The molecule has 4 aromatic rings. The summed E-state index contributed by atoms with van der Waals surface area (Å²) in [7, 11) is 0. The Labute approximate surface area is 205 Å². The van der Waals surface area contributed by atoms with Crippen molar-refractivity contribution in [2.45, 2.75) is 19.0 Å². The van der Waals surface area contributed by atoms with Crippen LogP contribution in [-0.2, 0) is 13.0 Å². The molecule has 0 aliphatic carbocycles. The van der Waals surface area contributed by atoms with Gasteiger partial charge in [-0.05, 0) is 35.7 Å². The van der Waals surface area contributed by atoms with Crippen molar-refractivity contribution >= 4 is 5.91 Å². The van der Waals surface area contributed by atoms with E-state index in [9.17, 15) is 4.79 Å². The van der Waals surface area contributed by atoms with Crippen molar-refractivity contribution in [1.29, 1.82) is 0 Å². The third-order valence-corrected chi connectivity index (χ3v) is 6.20. The first-order valence-electron chi connectivity index (χ1n) is 12.0. The molecule has 0 saturated heterocycles. The average Bonchev–Trinajstić information content (AvgIpc) is 3.36. The minimum Gasteiger partial charge on any atom is -0.492 e. The predicted molar refractivity (Wildman–Crippen MR) is 134 cm³/mol. The maximum atomic E-state index is 12.8. The lowest BCUT2D eigenvalue weighted by Crippen LogP contribution is -2.40. The highest BCUT2D eigenvalue weighted by molar-refractivity contribution is 5.92. The highest BCUT2D eigenvalue weighted by atomic mass is 16.5. The summed E-state index contributed by atoms with van der Waals surface area (Å²) in [5.41, 5.74) is 2.83. The zero-order chi connectivity index (χ0) is 23.9. The lowest BCUT2D eigenvalue weighted by atomic mass is 10.0. The van der Waals surface area contributed by atoms with Gasteiger partial charge in [-0.15, -0.1) is 0 Å². The van der Waals surface area contributed by atoms with Crippen LogP contribution in [0, 0.1) is 0 Å². The third-order valence-electron chi connectivity index (χ3n) is 6.20. The predicted octanol–water partition coefficient (Wildman–Crippen LogP) is 3.73. The molecule has 0 radical (unpaired) electrons. The second-order valence-electron chi connectivity index (χ2n) is 8.56. The lowest BCUT2D eigenvalue weighted by Gasteiger charge is -2.36. The summed E-state index contributed by atoms with van der Waals surface area (Å²) in [6, 6.07) is 24.1. The van der Waals surface area contributed by atoms with Crippen molar-refractivity contribution in [2.24, 2.45) is 0 Å². The first kappa shape index (κ1) is 22.8. The minimum absolute atomic E-state index is 0.00964. The Morgan fingerprint density at radius 1 is 1.00 bits per heavy atom. The van der Waals surface area contributed by atoms with E-state index in [2.05, 4.69) is 50.1 Å². The van der Waals surface area contributed by atoms with Gasteiger partial charge in [-0.25, -0.2) is 4.98 Å². The van der Waals surface area contributed by atoms with Gasteiger partial charge in [-0.1, -0.05) is 54.6 Å². The number of hydrogen-bond donors (Lipinski definition) is 1. The fourth-order valence-electron chi connectivity index (χ4n) is 4.46. The summed E-state index contributed by atoms with van der Waals surface area (Å²) in [4.78, 5) is 24.3. The molecule has 7 nitrogen and oxygen atoms in total.